The maximum atomic E-state index is 12.1. The Morgan fingerprint density at radius 3 is 2.29 bits per heavy atom. The molecule has 1 aliphatic rings. The molecule has 1 heterocycles. The molecule has 2 rings (SSSR count). The molecule has 118 valence electrons. The lowest BCUT2D eigenvalue weighted by Crippen LogP contribution is -2.37. The summed E-state index contributed by atoms with van der Waals surface area (Å²) in [5.74, 6) is 0.413. The molecule has 0 radical (unpaired) electrons. The Bertz CT molecular complexity index is 439. The van der Waals surface area contributed by atoms with E-state index in [4.69, 9.17) is 5.73 Å². The molecular formula is C15H21F3N2O. The zero-order chi connectivity index (χ0) is 15.5. The number of hydrogen-bond acceptors (Lipinski definition) is 3. The third-order valence-electron chi connectivity index (χ3n) is 4.13. The summed E-state index contributed by atoms with van der Waals surface area (Å²) >= 11 is 0. The number of nitrogens with zero attached hydrogens (tertiary/aromatic N) is 1. The van der Waals surface area contributed by atoms with Crippen molar-refractivity contribution < 1.29 is 17.9 Å². The van der Waals surface area contributed by atoms with Crippen LogP contribution in [0.1, 0.15) is 31.4 Å². The maximum absolute atomic E-state index is 12.1. The van der Waals surface area contributed by atoms with Gasteiger partial charge < -0.3 is 10.5 Å². The van der Waals surface area contributed by atoms with Crippen LogP contribution in [0.4, 0.5) is 13.2 Å². The van der Waals surface area contributed by atoms with Crippen LogP contribution in [0.3, 0.4) is 0 Å². The molecular weight excluding hydrogens is 281 g/mol. The summed E-state index contributed by atoms with van der Waals surface area (Å²) in [6, 6.07) is 6.31. The first-order valence-corrected chi connectivity index (χ1v) is 7.19. The fourth-order valence-electron chi connectivity index (χ4n) is 2.73. The van der Waals surface area contributed by atoms with E-state index in [9.17, 15) is 13.2 Å². The number of alkyl halides is 3. The van der Waals surface area contributed by atoms with Crippen LogP contribution in [0.2, 0.25) is 0 Å². The average Bonchev–Trinajstić information content (AvgIpc) is 2.46. The SMILES string of the molecule is CC(c1ccc(OC(F)(F)F)cc1)N1CCC(CN)CC1. The van der Waals surface area contributed by atoms with E-state index in [-0.39, 0.29) is 11.8 Å². The monoisotopic (exact) mass is 302 g/mol. The summed E-state index contributed by atoms with van der Waals surface area (Å²) < 4.78 is 40.2. The van der Waals surface area contributed by atoms with Gasteiger partial charge in [0.05, 0.1) is 0 Å². The molecule has 1 unspecified atom stereocenters. The Morgan fingerprint density at radius 2 is 1.81 bits per heavy atom. The highest BCUT2D eigenvalue weighted by molar-refractivity contribution is 5.29. The summed E-state index contributed by atoms with van der Waals surface area (Å²) in [6.45, 7) is 4.75. The van der Waals surface area contributed by atoms with E-state index in [2.05, 4.69) is 16.6 Å². The van der Waals surface area contributed by atoms with Gasteiger partial charge in [-0.3, -0.25) is 4.90 Å². The third-order valence-corrected chi connectivity index (χ3v) is 4.13. The fraction of sp³-hybridized carbons (Fsp3) is 0.600. The van der Waals surface area contributed by atoms with Gasteiger partial charge in [0.25, 0.3) is 0 Å². The Kier molecular flexibility index (Phi) is 5.11. The standard InChI is InChI=1S/C15H21F3N2O/c1-11(20-8-6-12(10-19)7-9-20)13-2-4-14(5-3-13)21-15(16,17)18/h2-5,11-12H,6-10,19H2,1H3. The molecule has 0 saturated carbocycles. The van der Waals surface area contributed by atoms with Crippen molar-refractivity contribution in [2.45, 2.75) is 32.2 Å². The Morgan fingerprint density at radius 1 is 1.24 bits per heavy atom. The van der Waals surface area contributed by atoms with Gasteiger partial charge in [-0.2, -0.15) is 0 Å². The lowest BCUT2D eigenvalue weighted by atomic mass is 9.95. The van der Waals surface area contributed by atoms with E-state index in [1.165, 1.54) is 12.1 Å². The summed E-state index contributed by atoms with van der Waals surface area (Å²) in [6.07, 6.45) is -2.48. The van der Waals surface area contributed by atoms with E-state index >= 15 is 0 Å². The predicted octanol–water partition coefficient (Wildman–Crippen LogP) is 3.32. The minimum Gasteiger partial charge on any atom is -0.406 e. The number of piperidine rings is 1. The average molecular weight is 302 g/mol. The lowest BCUT2D eigenvalue weighted by molar-refractivity contribution is -0.274. The number of likely N-dealkylation sites (tertiary alicyclic amines) is 1. The molecule has 6 heteroatoms. The van der Waals surface area contributed by atoms with Gasteiger partial charge in [0.15, 0.2) is 0 Å². The van der Waals surface area contributed by atoms with Gasteiger partial charge in [0.1, 0.15) is 5.75 Å². The molecule has 0 amide bonds. The van der Waals surface area contributed by atoms with E-state index < -0.39 is 6.36 Å². The Balaban J connectivity index is 1.95. The molecule has 1 aliphatic heterocycles. The first-order valence-electron chi connectivity index (χ1n) is 7.19. The summed E-state index contributed by atoms with van der Waals surface area (Å²) in [7, 11) is 0. The number of benzene rings is 1. The molecule has 3 nitrogen and oxygen atoms in total. The molecule has 0 spiro atoms. The van der Waals surface area contributed by atoms with Crippen LogP contribution < -0.4 is 10.5 Å². The highest BCUT2D eigenvalue weighted by atomic mass is 19.4. The second-order valence-electron chi connectivity index (χ2n) is 5.51. The molecule has 1 fully saturated rings. The van der Waals surface area contributed by atoms with Gasteiger partial charge in [-0.25, -0.2) is 0 Å². The minimum absolute atomic E-state index is 0.180. The molecule has 0 aliphatic carbocycles. The zero-order valence-electron chi connectivity index (χ0n) is 12.1. The van der Waals surface area contributed by atoms with Crippen LogP contribution in [-0.2, 0) is 0 Å². The van der Waals surface area contributed by atoms with Gasteiger partial charge >= 0.3 is 6.36 Å². The number of ether oxygens (including phenoxy) is 1. The van der Waals surface area contributed by atoms with E-state index in [1.807, 2.05) is 0 Å². The highest BCUT2D eigenvalue weighted by Gasteiger charge is 2.31. The highest BCUT2D eigenvalue weighted by Crippen LogP contribution is 2.28. The van der Waals surface area contributed by atoms with Gasteiger partial charge in [0.2, 0.25) is 0 Å². The van der Waals surface area contributed by atoms with Crippen molar-refractivity contribution in [3.63, 3.8) is 0 Å². The van der Waals surface area contributed by atoms with Gasteiger partial charge in [-0.05, 0) is 63.0 Å². The second kappa shape index (κ2) is 6.66. The van der Waals surface area contributed by atoms with Crippen molar-refractivity contribution in [3.8, 4) is 5.75 Å². The summed E-state index contributed by atoms with van der Waals surface area (Å²) in [5, 5.41) is 0. The fourth-order valence-corrected chi connectivity index (χ4v) is 2.73. The largest absolute Gasteiger partial charge is 0.573 e. The van der Waals surface area contributed by atoms with Crippen LogP contribution in [0, 0.1) is 5.92 Å². The minimum atomic E-state index is -4.64. The third kappa shape index (κ3) is 4.61. The summed E-state index contributed by atoms with van der Waals surface area (Å²) in [4.78, 5) is 2.34. The Labute approximate surface area is 122 Å². The van der Waals surface area contributed by atoms with Crippen molar-refractivity contribution in [3.05, 3.63) is 29.8 Å². The second-order valence-corrected chi connectivity index (χ2v) is 5.51. The van der Waals surface area contributed by atoms with Crippen molar-refractivity contribution in [1.29, 1.82) is 0 Å². The smallest absolute Gasteiger partial charge is 0.406 e. The normalized spacial score (nSPS) is 19.5. The van der Waals surface area contributed by atoms with Crippen molar-refractivity contribution in [1.82, 2.24) is 4.90 Å². The molecule has 1 aromatic rings. The number of halogens is 3. The van der Waals surface area contributed by atoms with Crippen LogP contribution in [-0.4, -0.2) is 30.9 Å². The van der Waals surface area contributed by atoms with E-state index in [0.29, 0.717) is 5.92 Å². The number of rotatable bonds is 4. The van der Waals surface area contributed by atoms with E-state index in [1.54, 1.807) is 12.1 Å². The molecule has 1 atom stereocenters. The van der Waals surface area contributed by atoms with Gasteiger partial charge in [0, 0.05) is 6.04 Å². The number of hydrogen-bond donors (Lipinski definition) is 1. The lowest BCUT2D eigenvalue weighted by Gasteiger charge is -2.36. The van der Waals surface area contributed by atoms with Gasteiger partial charge in [-0.1, -0.05) is 12.1 Å². The number of nitrogens with two attached hydrogens (primary N) is 1. The van der Waals surface area contributed by atoms with Crippen LogP contribution in [0.25, 0.3) is 0 Å². The molecule has 0 bridgehead atoms. The summed E-state index contributed by atoms with van der Waals surface area (Å²) in [5.41, 5.74) is 6.67. The molecule has 21 heavy (non-hydrogen) atoms. The van der Waals surface area contributed by atoms with Crippen molar-refractivity contribution in [2.24, 2.45) is 11.7 Å². The van der Waals surface area contributed by atoms with Crippen molar-refractivity contribution in [2.75, 3.05) is 19.6 Å². The molecule has 0 aromatic heterocycles. The first-order chi connectivity index (χ1) is 9.89. The van der Waals surface area contributed by atoms with Crippen LogP contribution >= 0.6 is 0 Å². The topological polar surface area (TPSA) is 38.5 Å². The molecule has 2 N–H and O–H groups in total. The Hall–Kier alpha value is -1.27. The molecule has 1 aromatic carbocycles. The van der Waals surface area contributed by atoms with E-state index in [0.717, 1.165) is 38.0 Å². The quantitative estimate of drug-likeness (QED) is 0.927. The van der Waals surface area contributed by atoms with Crippen LogP contribution in [0.5, 0.6) is 5.75 Å². The van der Waals surface area contributed by atoms with Gasteiger partial charge in [-0.15, -0.1) is 13.2 Å². The van der Waals surface area contributed by atoms with Crippen LogP contribution in [0.15, 0.2) is 24.3 Å². The maximum Gasteiger partial charge on any atom is 0.573 e. The molecule has 1 saturated heterocycles. The predicted molar refractivity (Wildman–Crippen MR) is 74.9 cm³/mol. The first kappa shape index (κ1) is 16.1. The van der Waals surface area contributed by atoms with Crippen molar-refractivity contribution >= 4 is 0 Å². The zero-order valence-corrected chi connectivity index (χ0v) is 12.1.